The third kappa shape index (κ3) is 3.25. The summed E-state index contributed by atoms with van der Waals surface area (Å²) in [7, 11) is 0. The highest BCUT2D eigenvalue weighted by Gasteiger charge is 2.28. The fourth-order valence-electron chi connectivity index (χ4n) is 2.56. The Hall–Kier alpha value is -0.0800. The van der Waals surface area contributed by atoms with E-state index in [0.717, 1.165) is 12.1 Å². The molecule has 0 aromatic carbocycles. The van der Waals surface area contributed by atoms with Gasteiger partial charge in [0.1, 0.15) is 0 Å². The molecule has 2 N–H and O–H groups in total. The fourth-order valence-corrected chi connectivity index (χ4v) is 2.56. The number of nitrogens with zero attached hydrogens (tertiary/aromatic N) is 1. The zero-order valence-electron chi connectivity index (χ0n) is 10.00. The zero-order chi connectivity index (χ0) is 10.6. The smallest absolute Gasteiger partial charge is 0.00960 e. The third-order valence-electron chi connectivity index (χ3n) is 3.50. The average Bonchev–Trinajstić information content (AvgIpc) is 2.47. The van der Waals surface area contributed by atoms with E-state index < -0.39 is 0 Å². The van der Waals surface area contributed by atoms with E-state index >= 15 is 0 Å². The molecule has 0 saturated carbocycles. The van der Waals surface area contributed by atoms with Crippen LogP contribution in [0.3, 0.4) is 0 Å². The molecule has 0 aliphatic carbocycles. The standard InChI is InChI=1S/C12H26N2/c1-4-12-8-7-11(3)14(12)9-5-6-10(2)13/h10-12H,4-9,13H2,1-3H3. The SMILES string of the molecule is CCC1CCC(C)N1CCCC(C)N. The average molecular weight is 198 g/mol. The van der Waals surface area contributed by atoms with Crippen LogP contribution in [0.1, 0.15) is 52.9 Å². The second-order valence-corrected chi connectivity index (χ2v) is 4.85. The van der Waals surface area contributed by atoms with Crippen LogP contribution in [0, 0.1) is 0 Å². The summed E-state index contributed by atoms with van der Waals surface area (Å²) in [5.41, 5.74) is 5.76. The Bertz CT molecular complexity index is 156. The Labute approximate surface area is 88.8 Å². The molecule has 1 fully saturated rings. The van der Waals surface area contributed by atoms with Crippen molar-refractivity contribution in [2.75, 3.05) is 6.54 Å². The van der Waals surface area contributed by atoms with Crippen molar-refractivity contribution in [1.82, 2.24) is 4.90 Å². The molecule has 3 atom stereocenters. The molecular weight excluding hydrogens is 172 g/mol. The first-order valence-corrected chi connectivity index (χ1v) is 6.16. The fraction of sp³-hybridized carbons (Fsp3) is 1.00. The van der Waals surface area contributed by atoms with Crippen LogP contribution in [0.4, 0.5) is 0 Å². The molecule has 1 rings (SSSR count). The normalized spacial score (nSPS) is 30.9. The van der Waals surface area contributed by atoms with Crippen molar-refractivity contribution in [3.8, 4) is 0 Å². The van der Waals surface area contributed by atoms with Crippen molar-refractivity contribution in [1.29, 1.82) is 0 Å². The van der Waals surface area contributed by atoms with E-state index in [9.17, 15) is 0 Å². The predicted molar refractivity (Wildman–Crippen MR) is 62.4 cm³/mol. The van der Waals surface area contributed by atoms with Crippen LogP contribution in [0.15, 0.2) is 0 Å². The highest BCUT2D eigenvalue weighted by Crippen LogP contribution is 2.26. The molecule has 2 nitrogen and oxygen atoms in total. The van der Waals surface area contributed by atoms with Gasteiger partial charge in [0.25, 0.3) is 0 Å². The minimum atomic E-state index is 0.369. The van der Waals surface area contributed by atoms with Crippen molar-refractivity contribution >= 4 is 0 Å². The summed E-state index contributed by atoms with van der Waals surface area (Å²) in [6.07, 6.45) is 6.52. The number of hydrogen-bond donors (Lipinski definition) is 1. The highest BCUT2D eigenvalue weighted by molar-refractivity contribution is 4.84. The van der Waals surface area contributed by atoms with Gasteiger partial charge in [-0.1, -0.05) is 6.92 Å². The van der Waals surface area contributed by atoms with E-state index in [4.69, 9.17) is 5.73 Å². The second kappa shape index (κ2) is 5.72. The lowest BCUT2D eigenvalue weighted by molar-refractivity contribution is 0.193. The van der Waals surface area contributed by atoms with Crippen molar-refractivity contribution < 1.29 is 0 Å². The first-order chi connectivity index (χ1) is 6.65. The molecule has 0 aromatic rings. The van der Waals surface area contributed by atoms with Gasteiger partial charge in [0.05, 0.1) is 0 Å². The molecule has 14 heavy (non-hydrogen) atoms. The van der Waals surface area contributed by atoms with Gasteiger partial charge in [-0.15, -0.1) is 0 Å². The number of nitrogens with two attached hydrogens (primary N) is 1. The summed E-state index contributed by atoms with van der Waals surface area (Å²) >= 11 is 0. The molecule has 0 radical (unpaired) electrons. The largest absolute Gasteiger partial charge is 0.328 e. The maximum atomic E-state index is 5.76. The Morgan fingerprint density at radius 2 is 2.14 bits per heavy atom. The zero-order valence-corrected chi connectivity index (χ0v) is 10.00. The Morgan fingerprint density at radius 1 is 1.43 bits per heavy atom. The molecule has 84 valence electrons. The molecule has 1 saturated heterocycles. The third-order valence-corrected chi connectivity index (χ3v) is 3.50. The van der Waals surface area contributed by atoms with Crippen molar-refractivity contribution in [2.24, 2.45) is 5.73 Å². The summed E-state index contributed by atoms with van der Waals surface area (Å²) < 4.78 is 0. The number of likely N-dealkylation sites (tertiary alicyclic amines) is 1. The molecule has 1 heterocycles. The van der Waals surface area contributed by atoms with Gasteiger partial charge < -0.3 is 5.73 Å². The number of hydrogen-bond acceptors (Lipinski definition) is 2. The lowest BCUT2D eigenvalue weighted by Crippen LogP contribution is -2.35. The molecule has 0 bridgehead atoms. The summed E-state index contributed by atoms with van der Waals surface area (Å²) in [4.78, 5) is 2.68. The summed E-state index contributed by atoms with van der Waals surface area (Å²) in [5.74, 6) is 0. The van der Waals surface area contributed by atoms with E-state index in [0.29, 0.717) is 6.04 Å². The highest BCUT2D eigenvalue weighted by atomic mass is 15.2. The molecule has 1 aliphatic rings. The van der Waals surface area contributed by atoms with E-state index in [-0.39, 0.29) is 0 Å². The van der Waals surface area contributed by atoms with E-state index in [1.807, 2.05) is 0 Å². The van der Waals surface area contributed by atoms with Crippen molar-refractivity contribution in [3.63, 3.8) is 0 Å². The van der Waals surface area contributed by atoms with E-state index in [2.05, 4.69) is 25.7 Å². The topological polar surface area (TPSA) is 29.3 Å². The van der Waals surface area contributed by atoms with Crippen molar-refractivity contribution in [3.05, 3.63) is 0 Å². The molecule has 0 aromatic heterocycles. The molecular formula is C12H26N2. The molecule has 0 amide bonds. The van der Waals surface area contributed by atoms with Gasteiger partial charge in [-0.25, -0.2) is 0 Å². The van der Waals surface area contributed by atoms with Crippen LogP contribution in [-0.2, 0) is 0 Å². The van der Waals surface area contributed by atoms with Crippen LogP contribution >= 0.6 is 0 Å². The predicted octanol–water partition coefficient (Wildman–Crippen LogP) is 2.38. The van der Waals surface area contributed by atoms with Crippen molar-refractivity contribution in [2.45, 2.75) is 71.0 Å². The van der Waals surface area contributed by atoms with Crippen LogP contribution in [0.25, 0.3) is 0 Å². The van der Waals surface area contributed by atoms with Gasteiger partial charge in [-0.2, -0.15) is 0 Å². The minimum Gasteiger partial charge on any atom is -0.328 e. The molecule has 3 unspecified atom stereocenters. The Morgan fingerprint density at radius 3 is 2.71 bits per heavy atom. The monoisotopic (exact) mass is 198 g/mol. The van der Waals surface area contributed by atoms with Crippen LogP contribution < -0.4 is 5.73 Å². The molecule has 2 heteroatoms. The van der Waals surface area contributed by atoms with Gasteiger partial charge in [-0.05, 0) is 52.5 Å². The maximum absolute atomic E-state index is 5.76. The van der Waals surface area contributed by atoms with Crippen LogP contribution in [0.2, 0.25) is 0 Å². The van der Waals surface area contributed by atoms with Gasteiger partial charge in [-0.3, -0.25) is 4.90 Å². The van der Waals surface area contributed by atoms with E-state index in [1.165, 1.54) is 38.6 Å². The number of rotatable bonds is 5. The van der Waals surface area contributed by atoms with Gasteiger partial charge >= 0.3 is 0 Å². The van der Waals surface area contributed by atoms with Gasteiger partial charge in [0.2, 0.25) is 0 Å². The summed E-state index contributed by atoms with van der Waals surface area (Å²) in [6, 6.07) is 2.01. The molecule has 1 aliphatic heterocycles. The first kappa shape index (κ1) is 12.0. The quantitative estimate of drug-likeness (QED) is 0.735. The summed E-state index contributed by atoms with van der Waals surface area (Å²) in [5, 5.41) is 0. The van der Waals surface area contributed by atoms with Crippen LogP contribution in [-0.4, -0.2) is 29.6 Å². The Balaban J connectivity index is 2.26. The van der Waals surface area contributed by atoms with E-state index in [1.54, 1.807) is 0 Å². The van der Waals surface area contributed by atoms with Crippen LogP contribution in [0.5, 0.6) is 0 Å². The maximum Gasteiger partial charge on any atom is 0.00960 e. The van der Waals surface area contributed by atoms with Gasteiger partial charge in [0.15, 0.2) is 0 Å². The second-order valence-electron chi connectivity index (χ2n) is 4.85. The molecule has 0 spiro atoms. The van der Waals surface area contributed by atoms with Gasteiger partial charge in [0, 0.05) is 18.1 Å². The Kier molecular flexibility index (Phi) is 4.90. The lowest BCUT2D eigenvalue weighted by atomic mass is 10.1. The summed E-state index contributed by atoms with van der Waals surface area (Å²) in [6.45, 7) is 8.02. The minimum absolute atomic E-state index is 0.369. The first-order valence-electron chi connectivity index (χ1n) is 6.16. The lowest BCUT2D eigenvalue weighted by Gasteiger charge is -2.27.